The van der Waals surface area contributed by atoms with E-state index < -0.39 is 11.8 Å². The van der Waals surface area contributed by atoms with E-state index in [1.54, 1.807) is 42.5 Å². The third kappa shape index (κ3) is 4.48. The molecule has 25 heavy (non-hydrogen) atoms. The maximum Gasteiger partial charge on any atom is 0.329 e. The number of nitrogens with one attached hydrogen (secondary N) is 2. The highest BCUT2D eigenvalue weighted by Gasteiger charge is 2.13. The Kier molecular flexibility index (Phi) is 5.15. The molecule has 0 aromatic heterocycles. The summed E-state index contributed by atoms with van der Waals surface area (Å²) in [5.41, 5.74) is 3.70. The summed E-state index contributed by atoms with van der Waals surface area (Å²) in [5.74, 6) is -0.373. The monoisotopic (exact) mass is 359 g/mol. The fourth-order valence-corrected chi connectivity index (χ4v) is 2.20. The zero-order valence-electron chi connectivity index (χ0n) is 13.0. The summed E-state index contributed by atoms with van der Waals surface area (Å²) >= 11 is 5.78. The summed E-state index contributed by atoms with van der Waals surface area (Å²) in [4.78, 5) is 23.4. The average molecular weight is 360 g/mol. The van der Waals surface area contributed by atoms with E-state index in [1.165, 1.54) is 6.21 Å². The number of halogens is 1. The molecule has 0 spiro atoms. The Hall–Kier alpha value is -3.06. The van der Waals surface area contributed by atoms with E-state index in [4.69, 9.17) is 21.1 Å². The second kappa shape index (κ2) is 7.67. The first-order chi connectivity index (χ1) is 12.1. The van der Waals surface area contributed by atoms with Crippen molar-refractivity contribution in [1.29, 1.82) is 0 Å². The summed E-state index contributed by atoms with van der Waals surface area (Å²) in [5, 5.41) is 6.85. The first kappa shape index (κ1) is 16.8. The van der Waals surface area contributed by atoms with Crippen LogP contribution in [0.15, 0.2) is 47.6 Å². The van der Waals surface area contributed by atoms with Crippen molar-refractivity contribution in [1.82, 2.24) is 10.7 Å². The van der Waals surface area contributed by atoms with Crippen LogP contribution >= 0.6 is 11.6 Å². The molecule has 128 valence electrons. The summed E-state index contributed by atoms with van der Waals surface area (Å²) in [6, 6.07) is 12.2. The number of fused-ring (bicyclic) bond motifs is 1. The largest absolute Gasteiger partial charge is 0.454 e. The topological polar surface area (TPSA) is 89.0 Å². The molecule has 2 amide bonds. The highest BCUT2D eigenvalue weighted by molar-refractivity contribution is 6.35. The van der Waals surface area contributed by atoms with Crippen LogP contribution in [0.3, 0.4) is 0 Å². The highest BCUT2D eigenvalue weighted by Crippen LogP contribution is 2.31. The number of hydrogen-bond acceptors (Lipinski definition) is 5. The molecule has 0 atom stereocenters. The van der Waals surface area contributed by atoms with Gasteiger partial charge in [0.25, 0.3) is 0 Å². The molecule has 0 aliphatic carbocycles. The normalized spacial score (nSPS) is 12.2. The fraction of sp³-hybridized carbons (Fsp3) is 0.118. The molecule has 7 nitrogen and oxygen atoms in total. The van der Waals surface area contributed by atoms with Crippen molar-refractivity contribution in [2.75, 3.05) is 6.79 Å². The van der Waals surface area contributed by atoms with Crippen LogP contribution in [0.5, 0.6) is 11.5 Å². The van der Waals surface area contributed by atoms with Crippen molar-refractivity contribution < 1.29 is 19.1 Å². The van der Waals surface area contributed by atoms with Crippen LogP contribution in [0.25, 0.3) is 0 Å². The van der Waals surface area contributed by atoms with Crippen molar-refractivity contribution in [2.45, 2.75) is 6.54 Å². The molecule has 0 radical (unpaired) electrons. The second-order valence-corrected chi connectivity index (χ2v) is 5.56. The van der Waals surface area contributed by atoms with Gasteiger partial charge in [-0.1, -0.05) is 23.7 Å². The van der Waals surface area contributed by atoms with Crippen molar-refractivity contribution in [3.63, 3.8) is 0 Å². The SMILES string of the molecule is O=C(NCc1ccc(Cl)cc1)C(=O)NN=Cc1ccc2c(c1)OCO2. The van der Waals surface area contributed by atoms with Crippen LogP contribution in [0, 0.1) is 0 Å². The zero-order valence-corrected chi connectivity index (χ0v) is 13.7. The van der Waals surface area contributed by atoms with Crippen LogP contribution < -0.4 is 20.2 Å². The molecule has 0 unspecified atom stereocenters. The van der Waals surface area contributed by atoms with E-state index in [0.717, 1.165) is 5.56 Å². The van der Waals surface area contributed by atoms with Gasteiger partial charge in [-0.15, -0.1) is 0 Å². The molecule has 2 aromatic carbocycles. The lowest BCUT2D eigenvalue weighted by atomic mass is 10.2. The number of rotatable bonds is 4. The van der Waals surface area contributed by atoms with Gasteiger partial charge in [0.15, 0.2) is 11.5 Å². The molecule has 3 rings (SSSR count). The summed E-state index contributed by atoms with van der Waals surface area (Å²) in [7, 11) is 0. The number of nitrogens with zero attached hydrogens (tertiary/aromatic N) is 1. The van der Waals surface area contributed by atoms with Gasteiger partial charge in [0.2, 0.25) is 6.79 Å². The molecular weight excluding hydrogens is 346 g/mol. The highest BCUT2D eigenvalue weighted by atomic mass is 35.5. The van der Waals surface area contributed by atoms with Crippen molar-refractivity contribution >= 4 is 29.6 Å². The molecule has 0 saturated heterocycles. The van der Waals surface area contributed by atoms with E-state index in [0.29, 0.717) is 22.1 Å². The van der Waals surface area contributed by atoms with Crippen molar-refractivity contribution in [3.8, 4) is 11.5 Å². The first-order valence-corrected chi connectivity index (χ1v) is 7.75. The molecular formula is C17H14ClN3O4. The minimum absolute atomic E-state index is 0.181. The van der Waals surface area contributed by atoms with Crippen molar-refractivity contribution in [2.24, 2.45) is 5.10 Å². The molecule has 8 heteroatoms. The summed E-state index contributed by atoms with van der Waals surface area (Å²) < 4.78 is 10.4. The summed E-state index contributed by atoms with van der Waals surface area (Å²) in [6.45, 7) is 0.399. The molecule has 1 aliphatic rings. The van der Waals surface area contributed by atoms with Gasteiger partial charge >= 0.3 is 11.8 Å². The van der Waals surface area contributed by atoms with Gasteiger partial charge in [0.1, 0.15) is 0 Å². The Balaban J connectivity index is 1.48. The molecule has 1 aliphatic heterocycles. The van der Waals surface area contributed by atoms with Crippen LogP contribution in [0.2, 0.25) is 5.02 Å². The maximum atomic E-state index is 11.7. The lowest BCUT2D eigenvalue weighted by molar-refractivity contribution is -0.139. The number of benzene rings is 2. The molecule has 2 aromatic rings. The number of ether oxygens (including phenoxy) is 2. The second-order valence-electron chi connectivity index (χ2n) is 5.12. The Labute approximate surface area is 148 Å². The lowest BCUT2D eigenvalue weighted by Crippen LogP contribution is -2.37. The van der Waals surface area contributed by atoms with Crippen LogP contribution in [0.4, 0.5) is 0 Å². The molecule has 0 bridgehead atoms. The number of amides is 2. The number of carbonyl (C=O) groups excluding carboxylic acids is 2. The maximum absolute atomic E-state index is 11.7. The first-order valence-electron chi connectivity index (χ1n) is 7.37. The Bertz CT molecular complexity index is 821. The van der Waals surface area contributed by atoms with Gasteiger partial charge in [-0.05, 0) is 41.5 Å². The third-order valence-corrected chi connectivity index (χ3v) is 3.60. The van der Waals surface area contributed by atoms with Gasteiger partial charge in [0, 0.05) is 11.6 Å². The van der Waals surface area contributed by atoms with Gasteiger partial charge in [-0.2, -0.15) is 5.10 Å². The summed E-state index contributed by atoms with van der Waals surface area (Å²) in [6.07, 6.45) is 1.41. The van der Waals surface area contributed by atoms with Gasteiger partial charge in [0.05, 0.1) is 6.21 Å². The smallest absolute Gasteiger partial charge is 0.329 e. The standard InChI is InChI=1S/C17H14ClN3O4/c18-13-4-1-11(2-5-13)8-19-16(22)17(23)21-20-9-12-3-6-14-15(7-12)25-10-24-14/h1-7,9H,8,10H2,(H,19,22)(H,21,23). The molecule has 2 N–H and O–H groups in total. The Morgan fingerprint density at radius 1 is 1.08 bits per heavy atom. The van der Waals surface area contributed by atoms with Crippen LogP contribution in [0.1, 0.15) is 11.1 Å². The molecule has 1 heterocycles. The van der Waals surface area contributed by atoms with E-state index in [1.807, 2.05) is 0 Å². The van der Waals surface area contributed by atoms with Crippen molar-refractivity contribution in [3.05, 3.63) is 58.6 Å². The number of hydrazone groups is 1. The van der Waals surface area contributed by atoms with Gasteiger partial charge in [-0.25, -0.2) is 5.43 Å². The average Bonchev–Trinajstić information content (AvgIpc) is 3.08. The molecule has 0 saturated carbocycles. The number of hydrogen-bond donors (Lipinski definition) is 2. The van der Waals surface area contributed by atoms with Gasteiger partial charge < -0.3 is 14.8 Å². The minimum atomic E-state index is -0.856. The lowest BCUT2D eigenvalue weighted by Gasteiger charge is -2.04. The zero-order chi connectivity index (χ0) is 17.6. The third-order valence-electron chi connectivity index (χ3n) is 3.35. The number of carbonyl (C=O) groups is 2. The van der Waals surface area contributed by atoms with E-state index in [9.17, 15) is 9.59 Å². The minimum Gasteiger partial charge on any atom is -0.454 e. The van der Waals surface area contributed by atoms with Crippen LogP contribution in [-0.2, 0) is 16.1 Å². The molecule has 0 fully saturated rings. The predicted octanol–water partition coefficient (Wildman–Crippen LogP) is 1.84. The predicted molar refractivity (Wildman–Crippen MR) is 91.6 cm³/mol. The van der Waals surface area contributed by atoms with Crippen LogP contribution in [-0.4, -0.2) is 24.8 Å². The van der Waals surface area contributed by atoms with E-state index in [2.05, 4.69) is 15.8 Å². The fourth-order valence-electron chi connectivity index (χ4n) is 2.07. The quantitative estimate of drug-likeness (QED) is 0.495. The van der Waals surface area contributed by atoms with E-state index in [-0.39, 0.29) is 13.3 Å². The van der Waals surface area contributed by atoms with Gasteiger partial charge in [-0.3, -0.25) is 9.59 Å². The van der Waals surface area contributed by atoms with E-state index >= 15 is 0 Å². The Morgan fingerprint density at radius 3 is 2.64 bits per heavy atom. The Morgan fingerprint density at radius 2 is 1.84 bits per heavy atom.